The number of aliphatic hydroxyl groups is 1. The van der Waals surface area contributed by atoms with Crippen LogP contribution in [-0.4, -0.2) is 68.5 Å². The van der Waals surface area contributed by atoms with Crippen LogP contribution < -0.4 is 10.2 Å². The van der Waals surface area contributed by atoms with Crippen LogP contribution in [-0.2, 0) is 18.4 Å². The summed E-state index contributed by atoms with van der Waals surface area (Å²) in [7, 11) is 1.24. The molecule has 9 heteroatoms. The second-order valence-electron chi connectivity index (χ2n) is 21.3. The zero-order chi connectivity index (χ0) is 52.0. The van der Waals surface area contributed by atoms with Crippen LogP contribution in [0.2, 0.25) is 0 Å². The zero-order valence-corrected chi connectivity index (χ0v) is 48.1. The molecule has 0 aliphatic carbocycles. The number of carbonyl (C=O) groups is 1. The topological polar surface area (TPSA) is 108 Å². The molecule has 1 amide bonds. The molecule has 0 bridgehead atoms. The Morgan fingerprint density at radius 1 is 0.507 bits per heavy atom. The van der Waals surface area contributed by atoms with Crippen LogP contribution in [0.4, 0.5) is 0 Å². The number of nitrogens with one attached hydrogen (secondary N) is 1. The van der Waals surface area contributed by atoms with E-state index in [4.69, 9.17) is 9.05 Å². The molecule has 414 valence electrons. The number of quaternary nitrogens is 1. The maximum atomic E-state index is 13.0. The van der Waals surface area contributed by atoms with E-state index in [-0.39, 0.29) is 12.5 Å². The van der Waals surface area contributed by atoms with Gasteiger partial charge < -0.3 is 28.8 Å². The van der Waals surface area contributed by atoms with Crippen LogP contribution in [0.15, 0.2) is 72.9 Å². The largest absolute Gasteiger partial charge is 0.756 e. The number of aliphatic hydroxyl groups excluding tert-OH is 1. The second kappa shape index (κ2) is 52.8. The Hall–Kier alpha value is -2.06. The summed E-state index contributed by atoms with van der Waals surface area (Å²) in [4.78, 5) is 25.5. The molecule has 0 aliphatic heterocycles. The van der Waals surface area contributed by atoms with Gasteiger partial charge in [0.2, 0.25) is 5.91 Å². The molecule has 2 N–H and O–H groups in total. The van der Waals surface area contributed by atoms with Gasteiger partial charge in [-0.25, -0.2) is 0 Å². The van der Waals surface area contributed by atoms with Crippen LogP contribution in [0, 0.1) is 0 Å². The van der Waals surface area contributed by atoms with E-state index in [1.54, 1.807) is 6.08 Å². The summed E-state index contributed by atoms with van der Waals surface area (Å²) >= 11 is 0. The SMILES string of the molecule is CC/C=C\C/C=C\C/C=C\C/C=C\CCCCCCCCCCCCCCCCCCC(=O)NC(COP(=O)([O-])OCC[N+](C)(C)C)C(O)/C=C/CC/C=C/CCCCCCCCCCCCCCCC. The fraction of sp³-hybridized carbons (Fsp3) is 0.790. The maximum Gasteiger partial charge on any atom is 0.268 e. The summed E-state index contributed by atoms with van der Waals surface area (Å²) in [6.07, 6.45) is 72.7. The van der Waals surface area contributed by atoms with Crippen molar-refractivity contribution in [1.29, 1.82) is 0 Å². The number of amides is 1. The Morgan fingerprint density at radius 3 is 1.31 bits per heavy atom. The van der Waals surface area contributed by atoms with Crippen LogP contribution in [0.5, 0.6) is 0 Å². The lowest BCUT2D eigenvalue weighted by Crippen LogP contribution is -2.45. The van der Waals surface area contributed by atoms with Gasteiger partial charge in [0.1, 0.15) is 13.2 Å². The van der Waals surface area contributed by atoms with Crippen molar-refractivity contribution in [2.45, 2.75) is 276 Å². The van der Waals surface area contributed by atoms with Crippen molar-refractivity contribution in [3.05, 3.63) is 72.9 Å². The lowest BCUT2D eigenvalue weighted by molar-refractivity contribution is -0.870. The Labute approximate surface area is 440 Å². The number of hydrogen-bond acceptors (Lipinski definition) is 6. The number of nitrogens with zero attached hydrogens (tertiary/aromatic N) is 1. The van der Waals surface area contributed by atoms with Gasteiger partial charge in [-0.15, -0.1) is 0 Å². The van der Waals surface area contributed by atoms with Crippen LogP contribution in [0.3, 0.4) is 0 Å². The van der Waals surface area contributed by atoms with Crippen molar-refractivity contribution in [3.63, 3.8) is 0 Å². The molecule has 0 saturated carbocycles. The van der Waals surface area contributed by atoms with Gasteiger partial charge in [0.25, 0.3) is 7.82 Å². The first-order valence-corrected chi connectivity index (χ1v) is 31.3. The molecule has 0 fully saturated rings. The number of likely N-dealkylation sites (N-methyl/N-ethyl adjacent to an activating group) is 1. The van der Waals surface area contributed by atoms with Gasteiger partial charge in [-0.2, -0.15) is 0 Å². The summed E-state index contributed by atoms with van der Waals surface area (Å²) in [5, 5.41) is 13.9. The van der Waals surface area contributed by atoms with E-state index in [1.165, 1.54) is 180 Å². The molecule has 3 atom stereocenters. The third kappa shape index (κ3) is 55.5. The standard InChI is InChI=1S/C62H115N2O6P/c1-6-8-10-12-14-16-18-20-22-24-26-28-29-30-31-32-33-34-35-36-38-40-42-44-46-48-50-52-54-56-62(66)63-60(59-70-71(67,68)69-58-57-64(3,4)5)61(65)55-53-51-49-47-45-43-41-39-37-27-25-23-21-19-17-15-13-11-9-7-2/h8,10,14,16,20,22,26,28,45,47,53,55,60-61,65H,6-7,9,11-13,15,17-19,21,23-25,27,29-44,46,48-52,54,56-59H2,1-5H3,(H-,63,66,67,68)/b10-8-,16-14-,22-20-,28-26-,47-45+,55-53+. The van der Waals surface area contributed by atoms with Crippen molar-refractivity contribution in [3.8, 4) is 0 Å². The third-order valence-electron chi connectivity index (χ3n) is 13.2. The first-order valence-electron chi connectivity index (χ1n) is 29.8. The fourth-order valence-electron chi connectivity index (χ4n) is 8.51. The van der Waals surface area contributed by atoms with Gasteiger partial charge in [-0.1, -0.05) is 260 Å². The fourth-order valence-corrected chi connectivity index (χ4v) is 9.24. The van der Waals surface area contributed by atoms with Gasteiger partial charge in [0, 0.05) is 6.42 Å². The van der Waals surface area contributed by atoms with E-state index >= 15 is 0 Å². The molecule has 0 radical (unpaired) electrons. The molecule has 0 aromatic rings. The summed E-state index contributed by atoms with van der Waals surface area (Å²) in [5.41, 5.74) is 0. The highest BCUT2D eigenvalue weighted by Crippen LogP contribution is 2.38. The first-order chi connectivity index (χ1) is 34.5. The Kier molecular flexibility index (Phi) is 51.3. The number of allylic oxidation sites excluding steroid dienone is 11. The highest BCUT2D eigenvalue weighted by molar-refractivity contribution is 7.45. The Bertz CT molecular complexity index is 1380. The third-order valence-corrected chi connectivity index (χ3v) is 14.1. The number of rotatable bonds is 54. The molecule has 0 rings (SSSR count). The summed E-state index contributed by atoms with van der Waals surface area (Å²) < 4.78 is 23.4. The quantitative estimate of drug-likeness (QED) is 0.0272. The van der Waals surface area contributed by atoms with Crippen molar-refractivity contribution >= 4 is 13.7 Å². The number of phosphoric acid groups is 1. The van der Waals surface area contributed by atoms with Crippen molar-refractivity contribution < 1.29 is 32.9 Å². The monoisotopic (exact) mass is 1010 g/mol. The van der Waals surface area contributed by atoms with E-state index in [9.17, 15) is 19.4 Å². The predicted octanol–water partition coefficient (Wildman–Crippen LogP) is 17.6. The average Bonchev–Trinajstić information content (AvgIpc) is 3.33. The van der Waals surface area contributed by atoms with Crippen LogP contribution >= 0.6 is 7.82 Å². The van der Waals surface area contributed by atoms with Crippen molar-refractivity contribution in [2.24, 2.45) is 0 Å². The summed E-state index contributed by atoms with van der Waals surface area (Å²) in [6.45, 7) is 4.54. The normalized spacial score (nSPS) is 14.4. The predicted molar refractivity (Wildman–Crippen MR) is 307 cm³/mol. The molecule has 0 spiro atoms. The minimum absolute atomic E-state index is 0.00767. The Balaban J connectivity index is 4.18. The van der Waals surface area contributed by atoms with Gasteiger partial charge in [-0.05, 0) is 70.6 Å². The smallest absolute Gasteiger partial charge is 0.268 e. The van der Waals surface area contributed by atoms with E-state index < -0.39 is 26.6 Å². The molecular formula is C62H115N2O6P. The Morgan fingerprint density at radius 2 is 0.873 bits per heavy atom. The van der Waals surface area contributed by atoms with Crippen molar-refractivity contribution in [1.82, 2.24) is 5.32 Å². The zero-order valence-electron chi connectivity index (χ0n) is 47.2. The molecule has 0 saturated heterocycles. The lowest BCUT2D eigenvalue weighted by Gasteiger charge is -2.29. The maximum absolute atomic E-state index is 13.0. The van der Waals surface area contributed by atoms with Gasteiger partial charge in [0.15, 0.2) is 0 Å². The first kappa shape index (κ1) is 68.9. The van der Waals surface area contributed by atoms with Crippen LogP contribution in [0.1, 0.15) is 264 Å². The number of hydrogen-bond donors (Lipinski definition) is 2. The van der Waals surface area contributed by atoms with E-state index in [0.29, 0.717) is 17.4 Å². The lowest BCUT2D eigenvalue weighted by atomic mass is 10.0. The highest BCUT2D eigenvalue weighted by atomic mass is 31.2. The molecule has 8 nitrogen and oxygen atoms in total. The molecule has 0 aromatic heterocycles. The second-order valence-corrected chi connectivity index (χ2v) is 22.7. The molecule has 0 heterocycles. The van der Waals surface area contributed by atoms with E-state index in [1.807, 2.05) is 27.2 Å². The molecule has 0 aromatic carbocycles. The van der Waals surface area contributed by atoms with E-state index in [0.717, 1.165) is 64.2 Å². The molecule has 3 unspecified atom stereocenters. The van der Waals surface area contributed by atoms with Gasteiger partial charge >= 0.3 is 0 Å². The average molecular weight is 1020 g/mol. The van der Waals surface area contributed by atoms with Crippen molar-refractivity contribution in [2.75, 3.05) is 40.9 Å². The number of phosphoric ester groups is 1. The summed E-state index contributed by atoms with van der Waals surface area (Å²) in [5.74, 6) is -0.207. The molecule has 71 heavy (non-hydrogen) atoms. The number of unbranched alkanes of at least 4 members (excludes halogenated alkanes) is 31. The van der Waals surface area contributed by atoms with Gasteiger partial charge in [-0.3, -0.25) is 9.36 Å². The highest BCUT2D eigenvalue weighted by Gasteiger charge is 2.23. The minimum Gasteiger partial charge on any atom is -0.756 e. The molecular weight excluding hydrogens is 900 g/mol. The number of carbonyl (C=O) groups excluding carboxylic acids is 1. The van der Waals surface area contributed by atoms with E-state index in [2.05, 4.69) is 79.9 Å². The summed E-state index contributed by atoms with van der Waals surface area (Å²) in [6, 6.07) is -0.906. The van der Waals surface area contributed by atoms with Gasteiger partial charge in [0.05, 0.1) is 39.9 Å². The van der Waals surface area contributed by atoms with Crippen LogP contribution in [0.25, 0.3) is 0 Å². The minimum atomic E-state index is -4.61. The molecule has 0 aliphatic rings.